The van der Waals surface area contributed by atoms with Gasteiger partial charge in [0.25, 0.3) is 5.91 Å². The van der Waals surface area contributed by atoms with E-state index < -0.39 is 34.0 Å². The van der Waals surface area contributed by atoms with E-state index in [1.807, 2.05) is 6.07 Å². The fourth-order valence-electron chi connectivity index (χ4n) is 3.01. The first-order chi connectivity index (χ1) is 17.0. The number of nitriles is 1. The molecule has 0 saturated heterocycles. The van der Waals surface area contributed by atoms with Crippen molar-refractivity contribution in [2.24, 2.45) is 0 Å². The summed E-state index contributed by atoms with van der Waals surface area (Å²) in [5.41, 5.74) is -1.43. The Kier molecular flexibility index (Phi) is 8.49. The van der Waals surface area contributed by atoms with Crippen molar-refractivity contribution >= 4 is 49.5 Å². The third-order valence-corrected chi connectivity index (χ3v) is 5.74. The summed E-state index contributed by atoms with van der Waals surface area (Å²) < 4.78 is 45.5. The molecule has 36 heavy (non-hydrogen) atoms. The highest BCUT2D eigenvalue weighted by atomic mass is 79.9. The van der Waals surface area contributed by atoms with E-state index in [0.717, 1.165) is 11.6 Å². The molecule has 0 aliphatic carbocycles. The van der Waals surface area contributed by atoms with Gasteiger partial charge in [-0.1, -0.05) is 46.3 Å². The summed E-state index contributed by atoms with van der Waals surface area (Å²) in [5, 5.41) is 23.6. The Morgan fingerprint density at radius 2 is 1.83 bits per heavy atom. The van der Waals surface area contributed by atoms with Crippen molar-refractivity contribution in [2.75, 3.05) is 0 Å². The molecule has 12 heteroatoms. The van der Waals surface area contributed by atoms with E-state index in [9.17, 15) is 33.3 Å². The lowest BCUT2D eigenvalue weighted by molar-refractivity contribution is -0.385. The Morgan fingerprint density at radius 3 is 2.44 bits per heavy atom. The molecule has 3 aromatic carbocycles. The number of rotatable bonds is 7. The van der Waals surface area contributed by atoms with Crippen LogP contribution >= 0.6 is 31.9 Å². The molecule has 0 atom stereocenters. The highest BCUT2D eigenvalue weighted by Crippen LogP contribution is 2.42. The molecule has 0 bridgehead atoms. The van der Waals surface area contributed by atoms with Gasteiger partial charge in [0.05, 0.1) is 15.0 Å². The molecule has 3 aromatic rings. The number of nitrogens with one attached hydrogen (secondary N) is 1. The number of nitro benzene ring substituents is 1. The van der Waals surface area contributed by atoms with Crippen LogP contribution in [0.3, 0.4) is 0 Å². The van der Waals surface area contributed by atoms with Crippen LogP contribution in [-0.2, 0) is 17.5 Å². The lowest BCUT2D eigenvalue weighted by Crippen LogP contribution is -2.23. The summed E-state index contributed by atoms with van der Waals surface area (Å²) in [6, 6.07) is 15.7. The van der Waals surface area contributed by atoms with E-state index in [1.54, 1.807) is 30.3 Å². The van der Waals surface area contributed by atoms with E-state index in [1.165, 1.54) is 18.2 Å². The van der Waals surface area contributed by atoms with Crippen LogP contribution in [0.1, 0.15) is 16.7 Å². The highest BCUT2D eigenvalue weighted by Gasteiger charge is 2.33. The van der Waals surface area contributed by atoms with E-state index in [0.29, 0.717) is 16.6 Å². The van der Waals surface area contributed by atoms with Crippen molar-refractivity contribution < 1.29 is 27.6 Å². The quantitative estimate of drug-likeness (QED) is 0.130. The Hall–Kier alpha value is -3.69. The van der Waals surface area contributed by atoms with Crippen molar-refractivity contribution in [1.29, 1.82) is 5.26 Å². The van der Waals surface area contributed by atoms with Crippen molar-refractivity contribution in [1.82, 2.24) is 5.32 Å². The largest absolute Gasteiger partial charge is 0.448 e. The SMILES string of the molecule is N#C/C(=C\c1cc(Br)cc(Br)c1Oc1ccc(C(F)(F)F)cc1[N+](=O)[O-])C(=O)NCc1ccccc1. The fourth-order valence-corrected chi connectivity index (χ4v) is 4.34. The van der Waals surface area contributed by atoms with E-state index in [4.69, 9.17) is 4.74 Å². The minimum Gasteiger partial charge on any atom is -0.448 e. The minimum atomic E-state index is -4.79. The summed E-state index contributed by atoms with van der Waals surface area (Å²) in [6.45, 7) is 0.169. The van der Waals surface area contributed by atoms with Crippen LogP contribution < -0.4 is 10.1 Å². The highest BCUT2D eigenvalue weighted by molar-refractivity contribution is 9.11. The number of hydrogen-bond acceptors (Lipinski definition) is 5. The maximum atomic E-state index is 13.0. The topological polar surface area (TPSA) is 105 Å². The molecule has 0 radical (unpaired) electrons. The number of benzene rings is 3. The molecule has 184 valence electrons. The lowest BCUT2D eigenvalue weighted by Gasteiger charge is -2.14. The predicted molar refractivity (Wildman–Crippen MR) is 132 cm³/mol. The van der Waals surface area contributed by atoms with E-state index in [2.05, 4.69) is 37.2 Å². The van der Waals surface area contributed by atoms with Crippen LogP contribution in [0.5, 0.6) is 11.5 Å². The second-order valence-electron chi connectivity index (χ2n) is 7.18. The van der Waals surface area contributed by atoms with E-state index >= 15 is 0 Å². The van der Waals surface area contributed by atoms with Gasteiger partial charge < -0.3 is 10.1 Å². The molecule has 0 aliphatic heterocycles. The molecule has 7 nitrogen and oxygen atoms in total. The molecule has 1 N–H and O–H groups in total. The predicted octanol–water partition coefficient (Wildman–Crippen LogP) is 7.15. The Bertz CT molecular complexity index is 1390. The fraction of sp³-hybridized carbons (Fsp3) is 0.0833. The number of ether oxygens (including phenoxy) is 1. The molecular weight excluding hydrogens is 611 g/mol. The first-order valence-electron chi connectivity index (χ1n) is 9.96. The zero-order valence-electron chi connectivity index (χ0n) is 18.0. The zero-order valence-corrected chi connectivity index (χ0v) is 21.1. The molecule has 1 amide bonds. The third-order valence-electron chi connectivity index (χ3n) is 4.69. The summed E-state index contributed by atoms with van der Waals surface area (Å²) >= 11 is 6.54. The van der Waals surface area contributed by atoms with Gasteiger partial charge in [0.2, 0.25) is 5.75 Å². The lowest BCUT2D eigenvalue weighted by atomic mass is 10.1. The van der Waals surface area contributed by atoms with Gasteiger partial charge in [-0.05, 0) is 51.8 Å². The summed E-state index contributed by atoms with van der Waals surface area (Å²) in [4.78, 5) is 23.1. The standard InChI is InChI=1S/C24H14Br2F3N3O4/c25-18-9-15(8-16(12-30)23(33)31-13-14-4-2-1-3-5-14)22(19(26)11-18)36-21-7-6-17(24(27,28)29)10-20(21)32(34)35/h1-11H,13H2,(H,31,33)/b16-8+. The normalized spacial score (nSPS) is 11.5. The molecular formula is C24H14Br2F3N3O4. The molecule has 0 aromatic heterocycles. The number of carbonyl (C=O) groups excluding carboxylic acids is 1. The van der Waals surface area contributed by atoms with Gasteiger partial charge in [-0.25, -0.2) is 0 Å². The number of nitro groups is 1. The van der Waals surface area contributed by atoms with Gasteiger partial charge in [0, 0.05) is 22.6 Å². The molecule has 0 aliphatic rings. The van der Waals surface area contributed by atoms with Crippen molar-refractivity contribution in [3.63, 3.8) is 0 Å². The van der Waals surface area contributed by atoms with Gasteiger partial charge in [0.15, 0.2) is 0 Å². The maximum Gasteiger partial charge on any atom is 0.416 e. The Morgan fingerprint density at radius 1 is 1.14 bits per heavy atom. The molecule has 0 fully saturated rings. The minimum absolute atomic E-state index is 0.0512. The molecule has 0 saturated carbocycles. The Labute approximate surface area is 219 Å². The number of carbonyl (C=O) groups is 1. The first-order valence-corrected chi connectivity index (χ1v) is 11.5. The average Bonchev–Trinajstić information content (AvgIpc) is 2.82. The van der Waals surface area contributed by atoms with Crippen LogP contribution in [0, 0.1) is 21.4 Å². The smallest absolute Gasteiger partial charge is 0.416 e. The summed E-state index contributed by atoms with van der Waals surface area (Å²) in [5.74, 6) is -1.19. The summed E-state index contributed by atoms with van der Waals surface area (Å²) in [6.07, 6.45) is -3.58. The van der Waals surface area contributed by atoms with Crippen LogP contribution in [0.25, 0.3) is 6.08 Å². The van der Waals surface area contributed by atoms with Crippen molar-refractivity contribution in [3.8, 4) is 17.6 Å². The van der Waals surface area contributed by atoms with Gasteiger partial charge in [-0.2, -0.15) is 18.4 Å². The maximum absolute atomic E-state index is 13.0. The average molecular weight is 625 g/mol. The van der Waals surface area contributed by atoms with Gasteiger partial charge in [-0.3, -0.25) is 14.9 Å². The first kappa shape index (κ1) is 26.9. The van der Waals surface area contributed by atoms with Crippen LogP contribution in [0.15, 0.2) is 75.2 Å². The van der Waals surface area contributed by atoms with Gasteiger partial charge >= 0.3 is 11.9 Å². The third kappa shape index (κ3) is 6.71. The van der Waals surface area contributed by atoms with Crippen LogP contribution in [0.4, 0.5) is 18.9 Å². The number of halogens is 5. The molecule has 3 rings (SSSR count). The number of hydrogen-bond donors (Lipinski definition) is 1. The zero-order chi connectivity index (χ0) is 26.5. The van der Waals surface area contributed by atoms with Gasteiger partial charge in [0.1, 0.15) is 17.4 Å². The van der Waals surface area contributed by atoms with Crippen molar-refractivity contribution in [3.05, 3.63) is 102 Å². The number of amides is 1. The summed E-state index contributed by atoms with van der Waals surface area (Å²) in [7, 11) is 0. The molecule has 0 heterocycles. The Balaban J connectivity index is 1.99. The van der Waals surface area contributed by atoms with Crippen LogP contribution in [-0.4, -0.2) is 10.8 Å². The van der Waals surface area contributed by atoms with Crippen LogP contribution in [0.2, 0.25) is 0 Å². The second-order valence-corrected chi connectivity index (χ2v) is 8.95. The molecule has 0 spiro atoms. The van der Waals surface area contributed by atoms with Gasteiger partial charge in [-0.15, -0.1) is 0 Å². The number of nitrogens with zero attached hydrogens (tertiary/aromatic N) is 2. The van der Waals surface area contributed by atoms with Crippen molar-refractivity contribution in [2.45, 2.75) is 12.7 Å². The van der Waals surface area contributed by atoms with E-state index in [-0.39, 0.29) is 27.9 Å². The monoisotopic (exact) mass is 623 g/mol. The molecule has 0 unspecified atom stereocenters. The number of alkyl halides is 3. The second kappa shape index (κ2) is 11.4.